The first kappa shape index (κ1) is 33.6. The summed E-state index contributed by atoms with van der Waals surface area (Å²) in [6, 6.07) is 68.3. The van der Waals surface area contributed by atoms with E-state index in [1.165, 1.54) is 11.1 Å². The van der Waals surface area contributed by atoms with Gasteiger partial charge in [-0.05, 0) is 80.9 Å². The monoisotopic (exact) mass is 728 g/mol. The van der Waals surface area contributed by atoms with E-state index in [1.54, 1.807) is 0 Å². The average Bonchev–Trinajstić information content (AvgIpc) is 3.67. The average molecular weight is 729 g/mol. The highest BCUT2D eigenvalue weighted by atomic mass is 16.3. The van der Waals surface area contributed by atoms with Gasteiger partial charge in [0, 0.05) is 27.5 Å². The number of fused-ring (bicyclic) bond motifs is 3. The Bertz CT molecular complexity index is 3080. The van der Waals surface area contributed by atoms with Crippen LogP contribution in [0.2, 0.25) is 0 Å². The van der Waals surface area contributed by atoms with Gasteiger partial charge in [0.1, 0.15) is 11.2 Å². The quantitative estimate of drug-likeness (QED) is 0.163. The van der Waals surface area contributed by atoms with E-state index >= 15 is 0 Å². The Morgan fingerprint density at radius 2 is 0.754 bits per heavy atom. The first-order valence-electron chi connectivity index (χ1n) is 18.8. The van der Waals surface area contributed by atoms with Crippen LogP contribution in [-0.4, -0.2) is 15.0 Å². The Hall–Kier alpha value is -7.94. The third-order valence-corrected chi connectivity index (χ3v) is 10.4. The molecule has 0 spiro atoms. The highest BCUT2D eigenvalue weighted by Crippen LogP contribution is 2.41. The van der Waals surface area contributed by atoms with Crippen LogP contribution in [0, 0.1) is 11.3 Å². The number of hydrogen-bond acceptors (Lipinski definition) is 5. The third kappa shape index (κ3) is 6.52. The molecule has 2 aromatic heterocycles. The van der Waals surface area contributed by atoms with Gasteiger partial charge in [0.05, 0.1) is 11.6 Å². The highest BCUT2D eigenvalue weighted by Gasteiger charge is 2.18. The molecule has 2 heterocycles. The second kappa shape index (κ2) is 14.4. The Morgan fingerprint density at radius 3 is 1.32 bits per heavy atom. The zero-order valence-electron chi connectivity index (χ0n) is 30.7. The topological polar surface area (TPSA) is 75.6 Å². The molecule has 0 bridgehead atoms. The summed E-state index contributed by atoms with van der Waals surface area (Å²) in [4.78, 5) is 15.0. The molecule has 0 N–H and O–H groups in total. The zero-order chi connectivity index (χ0) is 38.1. The summed E-state index contributed by atoms with van der Waals surface area (Å²) in [6.07, 6.45) is 0. The fraction of sp³-hybridized carbons (Fsp3) is 0. The lowest BCUT2D eigenvalue weighted by Gasteiger charge is -2.10. The highest BCUT2D eigenvalue weighted by molar-refractivity contribution is 6.14. The van der Waals surface area contributed by atoms with E-state index in [9.17, 15) is 5.26 Å². The van der Waals surface area contributed by atoms with Crippen LogP contribution in [0.5, 0.6) is 0 Å². The number of benzene rings is 8. The molecule has 10 rings (SSSR count). The Balaban J connectivity index is 1.09. The van der Waals surface area contributed by atoms with Crippen molar-refractivity contribution in [2.45, 2.75) is 0 Å². The summed E-state index contributed by atoms with van der Waals surface area (Å²) < 4.78 is 6.74. The molecule has 0 fully saturated rings. The summed E-state index contributed by atoms with van der Waals surface area (Å²) in [6.45, 7) is 0. The van der Waals surface area contributed by atoms with Gasteiger partial charge in [0.25, 0.3) is 0 Å². The summed E-state index contributed by atoms with van der Waals surface area (Å²) >= 11 is 0. The molecule has 0 aliphatic rings. The summed E-state index contributed by atoms with van der Waals surface area (Å²) in [7, 11) is 0. The fourth-order valence-corrected chi connectivity index (χ4v) is 7.44. The minimum absolute atomic E-state index is 0.555. The standard InChI is InChI=1S/C52H32N4O/c53-33-34-16-18-37(19-17-34)39-22-26-42(27-23-39)51-54-50(41-14-8-3-9-15-41)55-52(56-51)43-28-29-45-47(31-43)57-48-32-44(36-12-6-2-7-13-36)30-46(49(45)48)40-24-20-38(21-25-40)35-10-4-1-5-11-35/h1-32H. The van der Waals surface area contributed by atoms with Crippen molar-refractivity contribution in [1.82, 2.24) is 15.0 Å². The summed E-state index contributed by atoms with van der Waals surface area (Å²) in [5, 5.41) is 11.3. The van der Waals surface area contributed by atoms with Gasteiger partial charge in [-0.1, -0.05) is 158 Å². The van der Waals surface area contributed by atoms with Gasteiger partial charge in [0.2, 0.25) is 0 Å². The third-order valence-electron chi connectivity index (χ3n) is 10.4. The molecule has 5 nitrogen and oxygen atoms in total. The molecule has 57 heavy (non-hydrogen) atoms. The predicted octanol–water partition coefficient (Wildman–Crippen LogP) is 13.3. The van der Waals surface area contributed by atoms with Crippen molar-refractivity contribution in [3.63, 3.8) is 0 Å². The van der Waals surface area contributed by atoms with Crippen molar-refractivity contribution in [2.75, 3.05) is 0 Å². The number of aromatic nitrogens is 3. The van der Waals surface area contributed by atoms with Gasteiger partial charge in [-0.2, -0.15) is 5.26 Å². The van der Waals surface area contributed by atoms with Gasteiger partial charge in [0.15, 0.2) is 17.5 Å². The van der Waals surface area contributed by atoms with Crippen molar-refractivity contribution in [2.24, 2.45) is 0 Å². The molecule has 10 aromatic rings. The van der Waals surface area contributed by atoms with Gasteiger partial charge < -0.3 is 4.42 Å². The summed E-state index contributed by atoms with van der Waals surface area (Å²) in [5.74, 6) is 1.72. The minimum Gasteiger partial charge on any atom is -0.456 e. The lowest BCUT2D eigenvalue weighted by atomic mass is 9.93. The molecular weight excluding hydrogens is 697 g/mol. The molecule has 0 amide bonds. The number of rotatable bonds is 7. The van der Waals surface area contributed by atoms with E-state index in [-0.39, 0.29) is 0 Å². The largest absolute Gasteiger partial charge is 0.456 e. The van der Waals surface area contributed by atoms with Crippen molar-refractivity contribution < 1.29 is 4.42 Å². The van der Waals surface area contributed by atoms with E-state index in [2.05, 4.69) is 115 Å². The molecule has 266 valence electrons. The van der Waals surface area contributed by atoms with Crippen LogP contribution in [0.25, 0.3) is 101 Å². The van der Waals surface area contributed by atoms with Crippen molar-refractivity contribution in [3.05, 3.63) is 200 Å². The van der Waals surface area contributed by atoms with E-state index < -0.39 is 0 Å². The predicted molar refractivity (Wildman–Crippen MR) is 230 cm³/mol. The molecule has 5 heteroatoms. The van der Waals surface area contributed by atoms with E-state index in [0.29, 0.717) is 23.0 Å². The van der Waals surface area contributed by atoms with Crippen molar-refractivity contribution >= 4 is 21.9 Å². The van der Waals surface area contributed by atoms with Crippen LogP contribution >= 0.6 is 0 Å². The van der Waals surface area contributed by atoms with Crippen LogP contribution in [0.3, 0.4) is 0 Å². The number of hydrogen-bond donors (Lipinski definition) is 0. The first-order chi connectivity index (χ1) is 28.2. The van der Waals surface area contributed by atoms with Gasteiger partial charge in [-0.15, -0.1) is 0 Å². The molecule has 0 atom stereocenters. The molecule has 0 saturated carbocycles. The maximum Gasteiger partial charge on any atom is 0.164 e. The second-order valence-electron chi connectivity index (χ2n) is 14.0. The zero-order valence-corrected chi connectivity index (χ0v) is 30.7. The number of nitrogens with zero attached hydrogens (tertiary/aromatic N) is 4. The van der Waals surface area contributed by atoms with Crippen LogP contribution < -0.4 is 0 Å². The smallest absolute Gasteiger partial charge is 0.164 e. The maximum atomic E-state index is 9.22. The maximum absolute atomic E-state index is 9.22. The molecular formula is C52H32N4O. The molecule has 0 saturated heterocycles. The minimum atomic E-state index is 0.555. The normalized spacial score (nSPS) is 11.1. The van der Waals surface area contributed by atoms with Crippen molar-refractivity contribution in [1.29, 1.82) is 5.26 Å². The van der Waals surface area contributed by atoms with Gasteiger partial charge in [-0.3, -0.25) is 0 Å². The van der Waals surface area contributed by atoms with E-state index in [0.717, 1.165) is 72.0 Å². The van der Waals surface area contributed by atoms with Gasteiger partial charge >= 0.3 is 0 Å². The van der Waals surface area contributed by atoms with Crippen LogP contribution in [0.1, 0.15) is 5.56 Å². The van der Waals surface area contributed by atoms with E-state index in [1.807, 2.05) is 84.9 Å². The van der Waals surface area contributed by atoms with Crippen LogP contribution in [-0.2, 0) is 0 Å². The summed E-state index contributed by atoms with van der Waals surface area (Å²) in [5.41, 5.74) is 13.7. The molecule has 0 radical (unpaired) electrons. The lowest BCUT2D eigenvalue weighted by Crippen LogP contribution is -2.00. The Kier molecular flexibility index (Phi) is 8.48. The molecule has 0 aliphatic heterocycles. The molecule has 0 aliphatic carbocycles. The number of furan rings is 1. The fourth-order valence-electron chi connectivity index (χ4n) is 7.44. The van der Waals surface area contributed by atoms with Crippen LogP contribution in [0.15, 0.2) is 199 Å². The van der Waals surface area contributed by atoms with Crippen LogP contribution in [0.4, 0.5) is 0 Å². The SMILES string of the molecule is N#Cc1ccc(-c2ccc(-c3nc(-c4ccccc4)nc(-c4ccc5c(c4)oc4cc(-c6ccccc6)cc(-c6ccc(-c7ccccc7)cc6)c45)n3)cc2)cc1. The lowest BCUT2D eigenvalue weighted by molar-refractivity contribution is 0.669. The molecule has 8 aromatic carbocycles. The Labute approximate surface area is 329 Å². The number of nitriles is 1. The van der Waals surface area contributed by atoms with Crippen molar-refractivity contribution in [3.8, 4) is 84.7 Å². The second-order valence-corrected chi connectivity index (χ2v) is 14.0. The van der Waals surface area contributed by atoms with E-state index in [4.69, 9.17) is 19.4 Å². The molecule has 0 unspecified atom stereocenters. The van der Waals surface area contributed by atoms with Gasteiger partial charge in [-0.25, -0.2) is 15.0 Å². The first-order valence-corrected chi connectivity index (χ1v) is 18.8. The Morgan fingerprint density at radius 1 is 0.351 bits per heavy atom.